The van der Waals surface area contributed by atoms with Crippen LogP contribution in [0.2, 0.25) is 0 Å². The van der Waals surface area contributed by atoms with E-state index in [-0.39, 0.29) is 12.4 Å². The number of aliphatic hydroxyl groups excluding tert-OH is 1. The van der Waals surface area contributed by atoms with Crippen molar-refractivity contribution in [2.24, 2.45) is 0 Å². The lowest BCUT2D eigenvalue weighted by molar-refractivity contribution is 0.215. The van der Waals surface area contributed by atoms with Crippen LogP contribution in [-0.4, -0.2) is 54.3 Å². The number of hydrogen-bond acceptors (Lipinski definition) is 4. The second-order valence-corrected chi connectivity index (χ2v) is 6.96. The predicted molar refractivity (Wildman–Crippen MR) is 107 cm³/mol. The second kappa shape index (κ2) is 8.03. The van der Waals surface area contributed by atoms with Crippen molar-refractivity contribution in [2.45, 2.75) is 6.42 Å². The summed E-state index contributed by atoms with van der Waals surface area (Å²) < 4.78 is 13.4. The van der Waals surface area contributed by atoms with Crippen molar-refractivity contribution < 1.29 is 9.50 Å². The molecule has 1 N–H and O–H groups in total. The lowest BCUT2D eigenvalue weighted by Gasteiger charge is -2.35. The van der Waals surface area contributed by atoms with Crippen LogP contribution in [0.5, 0.6) is 0 Å². The maximum absolute atomic E-state index is 13.4. The van der Waals surface area contributed by atoms with Gasteiger partial charge in [0.2, 0.25) is 0 Å². The minimum absolute atomic E-state index is 0.226. The molecule has 5 heteroatoms. The van der Waals surface area contributed by atoms with E-state index in [4.69, 9.17) is 10.1 Å². The molecular formula is C22H24FN3O. The van der Waals surface area contributed by atoms with Crippen molar-refractivity contribution in [3.8, 4) is 11.1 Å². The molecule has 1 aromatic heterocycles. The molecule has 0 radical (unpaired) electrons. The van der Waals surface area contributed by atoms with Gasteiger partial charge in [0.1, 0.15) is 11.6 Å². The largest absolute Gasteiger partial charge is 0.396 e. The summed E-state index contributed by atoms with van der Waals surface area (Å²) in [6.07, 6.45) is 0.822. The van der Waals surface area contributed by atoms with Crippen LogP contribution in [0.1, 0.15) is 6.42 Å². The third-order valence-electron chi connectivity index (χ3n) is 5.19. The highest BCUT2D eigenvalue weighted by Gasteiger charge is 2.19. The number of hydrogen-bond donors (Lipinski definition) is 1. The molecule has 1 saturated heterocycles. The van der Waals surface area contributed by atoms with E-state index in [2.05, 4.69) is 21.9 Å². The lowest BCUT2D eigenvalue weighted by atomic mass is 10.0. The summed E-state index contributed by atoms with van der Waals surface area (Å²) in [5.41, 5.74) is 3.04. The average molecular weight is 365 g/mol. The summed E-state index contributed by atoms with van der Waals surface area (Å²) in [6, 6.07) is 16.9. The third kappa shape index (κ3) is 3.94. The van der Waals surface area contributed by atoms with Gasteiger partial charge >= 0.3 is 0 Å². The van der Waals surface area contributed by atoms with Crippen molar-refractivity contribution in [3.63, 3.8) is 0 Å². The molecule has 0 atom stereocenters. The van der Waals surface area contributed by atoms with Crippen LogP contribution in [0.4, 0.5) is 10.2 Å². The van der Waals surface area contributed by atoms with Gasteiger partial charge in [-0.25, -0.2) is 9.37 Å². The molecule has 140 valence electrons. The number of aromatic nitrogens is 1. The van der Waals surface area contributed by atoms with E-state index < -0.39 is 0 Å². The highest BCUT2D eigenvalue weighted by molar-refractivity contribution is 5.96. The molecule has 2 heterocycles. The summed E-state index contributed by atoms with van der Waals surface area (Å²) in [4.78, 5) is 9.58. The van der Waals surface area contributed by atoms with Gasteiger partial charge in [0.15, 0.2) is 0 Å². The summed E-state index contributed by atoms with van der Waals surface area (Å²) in [6.45, 7) is 4.96. The van der Waals surface area contributed by atoms with Crippen LogP contribution >= 0.6 is 0 Å². The number of halogens is 1. The Hall–Kier alpha value is -2.50. The maximum Gasteiger partial charge on any atom is 0.129 e. The van der Waals surface area contributed by atoms with E-state index in [1.807, 2.05) is 30.3 Å². The van der Waals surface area contributed by atoms with Gasteiger partial charge in [-0.1, -0.05) is 30.3 Å². The summed E-state index contributed by atoms with van der Waals surface area (Å²) in [7, 11) is 0. The van der Waals surface area contributed by atoms with Crippen LogP contribution in [0.25, 0.3) is 22.0 Å². The third-order valence-corrected chi connectivity index (χ3v) is 5.19. The molecule has 0 bridgehead atoms. The van der Waals surface area contributed by atoms with Crippen molar-refractivity contribution in [3.05, 3.63) is 60.4 Å². The first-order valence-electron chi connectivity index (χ1n) is 9.48. The minimum Gasteiger partial charge on any atom is -0.396 e. The number of rotatable bonds is 5. The standard InChI is InChI=1S/C22H24FN3O/c23-18-8-6-17(7-9-18)20-16-22(24-21-5-2-1-4-19(20)21)26-13-11-25(12-14-26)10-3-15-27/h1-2,4-9,16,27H,3,10-15H2. The molecule has 1 aliphatic rings. The molecule has 0 spiro atoms. The summed E-state index contributed by atoms with van der Waals surface area (Å²) >= 11 is 0. The van der Waals surface area contributed by atoms with E-state index >= 15 is 0 Å². The van der Waals surface area contributed by atoms with Crippen LogP contribution in [0, 0.1) is 5.82 Å². The number of para-hydroxylation sites is 1. The zero-order valence-electron chi connectivity index (χ0n) is 15.3. The topological polar surface area (TPSA) is 39.6 Å². The summed E-state index contributed by atoms with van der Waals surface area (Å²) in [5.74, 6) is 0.742. The molecule has 4 nitrogen and oxygen atoms in total. The second-order valence-electron chi connectivity index (χ2n) is 6.96. The first kappa shape index (κ1) is 17.9. The first-order valence-corrected chi connectivity index (χ1v) is 9.48. The summed E-state index contributed by atoms with van der Waals surface area (Å²) in [5, 5.41) is 10.1. The molecule has 1 aliphatic heterocycles. The molecule has 0 amide bonds. The molecule has 27 heavy (non-hydrogen) atoms. The normalized spacial score (nSPS) is 15.4. The molecule has 1 fully saturated rings. The maximum atomic E-state index is 13.4. The molecule has 2 aromatic carbocycles. The van der Waals surface area contributed by atoms with Gasteiger partial charge < -0.3 is 10.0 Å². The van der Waals surface area contributed by atoms with E-state index in [9.17, 15) is 4.39 Å². The molecule has 4 rings (SSSR count). The monoisotopic (exact) mass is 365 g/mol. The zero-order valence-corrected chi connectivity index (χ0v) is 15.3. The first-order chi connectivity index (χ1) is 13.2. The Kier molecular flexibility index (Phi) is 5.32. The lowest BCUT2D eigenvalue weighted by Crippen LogP contribution is -2.47. The van der Waals surface area contributed by atoms with E-state index in [0.29, 0.717) is 0 Å². The van der Waals surface area contributed by atoms with Gasteiger partial charge in [0.25, 0.3) is 0 Å². The van der Waals surface area contributed by atoms with E-state index in [1.165, 1.54) is 12.1 Å². The quantitative estimate of drug-likeness (QED) is 0.751. The zero-order chi connectivity index (χ0) is 18.6. The van der Waals surface area contributed by atoms with Crippen molar-refractivity contribution in [1.82, 2.24) is 9.88 Å². The Morgan fingerprint density at radius 3 is 2.44 bits per heavy atom. The van der Waals surface area contributed by atoms with E-state index in [0.717, 1.165) is 67.0 Å². The molecule has 3 aromatic rings. The fraction of sp³-hybridized carbons (Fsp3) is 0.318. The number of anilines is 1. The van der Waals surface area contributed by atoms with Gasteiger partial charge in [-0.15, -0.1) is 0 Å². The van der Waals surface area contributed by atoms with Crippen LogP contribution in [0.3, 0.4) is 0 Å². The minimum atomic E-state index is -0.226. The van der Waals surface area contributed by atoms with Gasteiger partial charge in [0.05, 0.1) is 5.52 Å². The SMILES string of the molecule is OCCCN1CCN(c2cc(-c3ccc(F)cc3)c3ccccc3n2)CC1. The van der Waals surface area contributed by atoms with Crippen molar-refractivity contribution >= 4 is 16.7 Å². The van der Waals surface area contributed by atoms with Crippen LogP contribution in [-0.2, 0) is 0 Å². The van der Waals surface area contributed by atoms with Crippen LogP contribution < -0.4 is 4.90 Å². The van der Waals surface area contributed by atoms with Crippen molar-refractivity contribution in [2.75, 3.05) is 44.2 Å². The average Bonchev–Trinajstić information content (AvgIpc) is 2.72. The smallest absolute Gasteiger partial charge is 0.129 e. The number of aliphatic hydroxyl groups is 1. The highest BCUT2D eigenvalue weighted by atomic mass is 19.1. The van der Waals surface area contributed by atoms with Gasteiger partial charge in [-0.2, -0.15) is 0 Å². The Morgan fingerprint density at radius 2 is 1.70 bits per heavy atom. The fourth-order valence-corrected chi connectivity index (χ4v) is 3.69. The van der Waals surface area contributed by atoms with Gasteiger partial charge in [-0.3, -0.25) is 4.90 Å². The Morgan fingerprint density at radius 1 is 0.963 bits per heavy atom. The van der Waals surface area contributed by atoms with Crippen molar-refractivity contribution in [1.29, 1.82) is 0 Å². The number of nitrogens with zero attached hydrogens (tertiary/aromatic N) is 3. The fourth-order valence-electron chi connectivity index (χ4n) is 3.69. The van der Waals surface area contributed by atoms with Gasteiger partial charge in [-0.05, 0) is 41.8 Å². The Bertz CT molecular complexity index is 905. The van der Waals surface area contributed by atoms with E-state index in [1.54, 1.807) is 0 Å². The number of piperazine rings is 1. The predicted octanol–water partition coefficient (Wildman–Crippen LogP) is 3.55. The highest BCUT2D eigenvalue weighted by Crippen LogP contribution is 2.31. The molecule has 0 saturated carbocycles. The molecular weight excluding hydrogens is 341 g/mol. The van der Waals surface area contributed by atoms with Gasteiger partial charge in [0, 0.05) is 44.7 Å². The number of benzene rings is 2. The Labute approximate surface area is 158 Å². The Balaban J connectivity index is 1.65. The molecule has 0 aliphatic carbocycles. The molecule has 0 unspecified atom stereocenters. The number of pyridine rings is 1. The van der Waals surface area contributed by atoms with Crippen LogP contribution in [0.15, 0.2) is 54.6 Å². The number of fused-ring (bicyclic) bond motifs is 1.